The van der Waals surface area contributed by atoms with Gasteiger partial charge in [-0.1, -0.05) is 127 Å². The van der Waals surface area contributed by atoms with Crippen LogP contribution in [-0.4, -0.2) is -0.565 Å². The molecule has 3 heteroatoms. The molecular formula is C13H25I3. The van der Waals surface area contributed by atoms with Crippen LogP contribution in [0.4, 0.5) is 0 Å². The summed E-state index contributed by atoms with van der Waals surface area (Å²) in [6.07, 6.45) is 12.7. The van der Waals surface area contributed by atoms with E-state index >= 15 is 0 Å². The maximum Gasteiger partial charge on any atom is 0.127 e. The van der Waals surface area contributed by atoms with Crippen LogP contribution in [0.5, 0.6) is 0 Å². The van der Waals surface area contributed by atoms with E-state index in [1.165, 1.54) is 57.8 Å². The molecular weight excluding hydrogens is 537 g/mol. The van der Waals surface area contributed by atoms with Crippen LogP contribution in [-0.2, 0) is 0 Å². The molecule has 0 aromatic carbocycles. The van der Waals surface area contributed by atoms with Gasteiger partial charge in [0, 0.05) is 0 Å². The van der Waals surface area contributed by atoms with E-state index in [1.807, 2.05) is 0 Å². The van der Waals surface area contributed by atoms with E-state index in [2.05, 4.69) is 81.6 Å². The monoisotopic (exact) mass is 562 g/mol. The molecule has 0 heterocycles. The molecule has 0 aliphatic rings. The second kappa shape index (κ2) is 11.1. The largest absolute Gasteiger partial charge is 0.127 e. The molecule has 0 aliphatic heterocycles. The lowest BCUT2D eigenvalue weighted by Crippen LogP contribution is -2.16. The van der Waals surface area contributed by atoms with E-state index in [9.17, 15) is 0 Å². The average molecular weight is 562 g/mol. The Morgan fingerprint density at radius 1 is 0.750 bits per heavy atom. The normalized spacial score (nSPS) is 14.1. The summed E-state index contributed by atoms with van der Waals surface area (Å²) in [5, 5.41) is 0. The van der Waals surface area contributed by atoms with E-state index in [0.717, 1.165) is 5.92 Å². The van der Waals surface area contributed by atoms with Gasteiger partial charge in [-0.3, -0.25) is 0 Å². The lowest BCUT2D eigenvalue weighted by Gasteiger charge is -2.25. The van der Waals surface area contributed by atoms with Gasteiger partial charge in [0.15, 0.2) is 0 Å². The van der Waals surface area contributed by atoms with Crippen LogP contribution in [0.25, 0.3) is 0 Å². The fraction of sp³-hybridized carbons (Fsp3) is 1.00. The number of halogens is 3. The topological polar surface area (TPSA) is 0 Å². The number of hydrogen-bond acceptors (Lipinski definition) is 0. The van der Waals surface area contributed by atoms with Gasteiger partial charge < -0.3 is 0 Å². The molecule has 0 radical (unpaired) electrons. The van der Waals surface area contributed by atoms with Crippen molar-refractivity contribution < 1.29 is 0 Å². The number of unbranched alkanes of at least 4 members (excludes halogenated alkanes) is 5. The summed E-state index contributed by atoms with van der Waals surface area (Å²) in [6.45, 7) is 4.60. The van der Waals surface area contributed by atoms with Crippen LogP contribution in [0.2, 0.25) is 0 Å². The van der Waals surface area contributed by atoms with Crippen LogP contribution >= 0.6 is 67.8 Å². The molecule has 16 heavy (non-hydrogen) atoms. The first-order valence-corrected chi connectivity index (χ1v) is 9.82. The highest BCUT2D eigenvalue weighted by Gasteiger charge is 2.28. The minimum absolute atomic E-state index is 0.423. The van der Waals surface area contributed by atoms with Crippen molar-refractivity contribution in [1.82, 2.24) is 0 Å². The summed E-state index contributed by atoms with van der Waals surface area (Å²) in [7, 11) is 0. The van der Waals surface area contributed by atoms with E-state index in [0.29, 0.717) is -0.565 Å². The Balaban J connectivity index is 3.61. The Morgan fingerprint density at radius 2 is 1.31 bits per heavy atom. The average Bonchev–Trinajstić information content (AvgIpc) is 2.20. The lowest BCUT2D eigenvalue weighted by molar-refractivity contribution is 0.452. The van der Waals surface area contributed by atoms with Crippen LogP contribution in [0.1, 0.15) is 71.6 Å². The first kappa shape index (κ1) is 18.2. The maximum atomic E-state index is 2.61. The van der Waals surface area contributed by atoms with Crippen molar-refractivity contribution in [2.24, 2.45) is 5.92 Å². The van der Waals surface area contributed by atoms with Crippen LogP contribution in [0, 0.1) is 5.92 Å². The molecule has 0 aromatic rings. The predicted molar refractivity (Wildman–Crippen MR) is 101 cm³/mol. The van der Waals surface area contributed by atoms with E-state index < -0.39 is 0 Å². The van der Waals surface area contributed by atoms with Crippen molar-refractivity contribution in [3.63, 3.8) is 0 Å². The molecule has 1 unspecified atom stereocenters. The molecule has 0 aliphatic carbocycles. The quantitative estimate of drug-likeness (QED) is 0.151. The lowest BCUT2D eigenvalue weighted by atomic mass is 9.98. The molecule has 0 saturated heterocycles. The molecule has 0 spiro atoms. The van der Waals surface area contributed by atoms with Crippen molar-refractivity contribution >= 4 is 67.8 Å². The van der Waals surface area contributed by atoms with Crippen molar-refractivity contribution in [2.45, 2.75) is 71.1 Å². The van der Waals surface area contributed by atoms with Crippen molar-refractivity contribution in [3.8, 4) is 0 Å². The Hall–Kier alpha value is 2.19. The zero-order valence-electron chi connectivity index (χ0n) is 10.6. The number of hydrogen-bond donors (Lipinski definition) is 0. The fourth-order valence-corrected chi connectivity index (χ4v) is 3.86. The van der Waals surface area contributed by atoms with Gasteiger partial charge in [0.25, 0.3) is 0 Å². The van der Waals surface area contributed by atoms with E-state index in [4.69, 9.17) is 0 Å². The Bertz CT molecular complexity index is 152. The SMILES string of the molecule is CCCCCCCCC(CCC)C(I)(I)I. The molecule has 98 valence electrons. The van der Waals surface area contributed by atoms with Crippen molar-refractivity contribution in [3.05, 3.63) is 0 Å². The molecule has 0 rings (SSSR count). The van der Waals surface area contributed by atoms with Gasteiger partial charge in [0.1, 0.15) is -0.565 Å². The first-order chi connectivity index (χ1) is 7.52. The van der Waals surface area contributed by atoms with Crippen molar-refractivity contribution in [1.29, 1.82) is 0 Å². The minimum Gasteiger partial charge on any atom is -0.0654 e. The van der Waals surface area contributed by atoms with E-state index in [-0.39, 0.29) is 0 Å². The second-order valence-electron chi connectivity index (χ2n) is 4.58. The Morgan fingerprint density at radius 3 is 1.81 bits per heavy atom. The minimum atomic E-state index is 0.423. The third-order valence-corrected chi connectivity index (χ3v) is 5.65. The standard InChI is InChI=1S/C13H25I3/c1-3-5-6-7-8-9-11-12(10-4-2)13(14,15)16/h12H,3-11H2,1-2H3. The molecule has 0 aromatic heterocycles. The molecule has 0 fully saturated rings. The third kappa shape index (κ3) is 10.1. The Labute approximate surface area is 143 Å². The highest BCUT2D eigenvalue weighted by Crippen LogP contribution is 2.46. The zero-order valence-corrected chi connectivity index (χ0v) is 17.0. The summed E-state index contributed by atoms with van der Waals surface area (Å²) < 4.78 is 0.423. The van der Waals surface area contributed by atoms with Gasteiger partial charge in [0.2, 0.25) is 0 Å². The van der Waals surface area contributed by atoms with Gasteiger partial charge in [-0.05, 0) is 18.8 Å². The van der Waals surface area contributed by atoms with Gasteiger partial charge in [0.05, 0.1) is 0 Å². The van der Waals surface area contributed by atoms with Gasteiger partial charge in [-0.15, -0.1) is 0 Å². The smallest absolute Gasteiger partial charge is 0.0654 e. The fourth-order valence-electron chi connectivity index (χ4n) is 1.99. The zero-order chi connectivity index (χ0) is 12.4. The highest BCUT2D eigenvalue weighted by molar-refractivity contribution is 14.3. The van der Waals surface area contributed by atoms with Gasteiger partial charge >= 0.3 is 0 Å². The second-order valence-corrected chi connectivity index (χ2v) is 15.9. The van der Waals surface area contributed by atoms with Crippen LogP contribution in [0.3, 0.4) is 0 Å². The van der Waals surface area contributed by atoms with Crippen LogP contribution in [0.15, 0.2) is 0 Å². The number of rotatable bonds is 10. The van der Waals surface area contributed by atoms with Crippen molar-refractivity contribution in [2.75, 3.05) is 0 Å². The summed E-state index contributed by atoms with van der Waals surface area (Å²) in [5.74, 6) is 0.894. The Kier molecular flexibility index (Phi) is 12.6. The molecule has 0 saturated carbocycles. The highest BCUT2D eigenvalue weighted by atomic mass is 127. The molecule has 0 bridgehead atoms. The molecule has 0 nitrogen and oxygen atoms in total. The molecule has 1 atom stereocenters. The summed E-state index contributed by atoms with van der Waals surface area (Å²) in [6, 6.07) is 0. The summed E-state index contributed by atoms with van der Waals surface area (Å²) >= 11 is 7.83. The predicted octanol–water partition coefficient (Wildman–Crippen LogP) is 7.11. The summed E-state index contributed by atoms with van der Waals surface area (Å²) in [4.78, 5) is 0. The van der Waals surface area contributed by atoms with E-state index in [1.54, 1.807) is 0 Å². The number of alkyl halides is 3. The van der Waals surface area contributed by atoms with Crippen LogP contribution < -0.4 is 0 Å². The molecule has 0 N–H and O–H groups in total. The molecule has 0 amide bonds. The third-order valence-electron chi connectivity index (χ3n) is 3.01. The first-order valence-electron chi connectivity index (χ1n) is 6.59. The van der Waals surface area contributed by atoms with Gasteiger partial charge in [-0.25, -0.2) is 0 Å². The van der Waals surface area contributed by atoms with Gasteiger partial charge in [-0.2, -0.15) is 0 Å². The maximum absolute atomic E-state index is 2.61. The summed E-state index contributed by atoms with van der Waals surface area (Å²) in [5.41, 5.74) is 0.